The molecule has 0 saturated carbocycles. The Morgan fingerprint density at radius 3 is 3.12 bits per heavy atom. The lowest BCUT2D eigenvalue weighted by molar-refractivity contribution is 0.832. The fraction of sp³-hybridized carbons (Fsp3) is 0.308. The second-order valence-corrected chi connectivity index (χ2v) is 4.71. The first kappa shape index (κ1) is 10.7. The monoisotopic (exact) mass is 247 g/mol. The topological polar surface area (TPSA) is 29.3 Å². The molecule has 2 aromatic rings. The molecule has 0 bridgehead atoms. The fourth-order valence-electron chi connectivity index (χ4n) is 2.32. The van der Waals surface area contributed by atoms with E-state index in [4.69, 9.17) is 11.6 Å². The van der Waals surface area contributed by atoms with Crippen molar-refractivity contribution in [2.75, 3.05) is 13.1 Å². The van der Waals surface area contributed by atoms with Crippen LogP contribution in [0.5, 0.6) is 0 Å². The minimum absolute atomic E-state index is 0.777. The van der Waals surface area contributed by atoms with Crippen molar-refractivity contribution in [3.05, 3.63) is 35.0 Å². The number of para-hydroxylation sites is 1. The smallest absolute Gasteiger partial charge is 0.117 e. The highest BCUT2D eigenvalue weighted by molar-refractivity contribution is 6.35. The number of rotatable bonds is 2. The number of aromatic nitrogens is 1. The van der Waals surface area contributed by atoms with E-state index in [2.05, 4.69) is 33.9 Å². The predicted molar refractivity (Wildman–Crippen MR) is 72.0 cm³/mol. The van der Waals surface area contributed by atoms with E-state index in [1.54, 1.807) is 0 Å². The fourth-order valence-corrected chi connectivity index (χ4v) is 2.60. The molecule has 0 fully saturated rings. The molecule has 4 heteroatoms. The number of hydrogen-bond donors (Lipinski definition) is 1. The van der Waals surface area contributed by atoms with Gasteiger partial charge in [-0.25, -0.2) is 0 Å². The average Bonchev–Trinajstić information content (AvgIpc) is 2.89. The molecule has 0 radical (unpaired) electrons. The maximum atomic E-state index is 6.28. The largest absolute Gasteiger partial charge is 0.370 e. The van der Waals surface area contributed by atoms with Crippen molar-refractivity contribution in [2.24, 2.45) is 4.99 Å². The number of fused-ring (bicyclic) bond motifs is 1. The second-order valence-electron chi connectivity index (χ2n) is 4.30. The first-order chi connectivity index (χ1) is 8.25. The lowest BCUT2D eigenvalue weighted by Crippen LogP contribution is -2.24. The molecule has 0 spiro atoms. The van der Waals surface area contributed by atoms with Crippen LogP contribution in [0.15, 0.2) is 29.3 Å². The van der Waals surface area contributed by atoms with Gasteiger partial charge >= 0.3 is 0 Å². The molecular weight excluding hydrogens is 234 g/mol. The van der Waals surface area contributed by atoms with Crippen molar-refractivity contribution in [1.29, 1.82) is 0 Å². The number of amidine groups is 1. The van der Waals surface area contributed by atoms with Crippen LogP contribution in [0.1, 0.15) is 5.69 Å². The van der Waals surface area contributed by atoms with Gasteiger partial charge in [-0.2, -0.15) is 0 Å². The standard InChI is InChI=1S/C13H14ClN3/c1-9-7-10-3-2-4-11(14)13(10)17(9)8-12-15-5-6-16-12/h2-4,7H,5-6,8H2,1H3,(H,15,16). The van der Waals surface area contributed by atoms with Gasteiger partial charge in [-0.1, -0.05) is 23.7 Å². The van der Waals surface area contributed by atoms with Gasteiger partial charge in [-0.15, -0.1) is 0 Å². The van der Waals surface area contributed by atoms with Gasteiger partial charge in [-0.3, -0.25) is 4.99 Å². The van der Waals surface area contributed by atoms with Gasteiger partial charge in [0.15, 0.2) is 0 Å². The highest BCUT2D eigenvalue weighted by atomic mass is 35.5. The zero-order chi connectivity index (χ0) is 11.8. The van der Waals surface area contributed by atoms with E-state index in [0.717, 1.165) is 36.0 Å². The maximum Gasteiger partial charge on any atom is 0.117 e. The lowest BCUT2D eigenvalue weighted by atomic mass is 10.2. The van der Waals surface area contributed by atoms with Crippen LogP contribution in [0.4, 0.5) is 0 Å². The summed E-state index contributed by atoms with van der Waals surface area (Å²) >= 11 is 6.28. The molecule has 3 nitrogen and oxygen atoms in total. The van der Waals surface area contributed by atoms with Crippen LogP contribution in [0.25, 0.3) is 10.9 Å². The van der Waals surface area contributed by atoms with Crippen molar-refractivity contribution in [3.8, 4) is 0 Å². The van der Waals surface area contributed by atoms with Crippen molar-refractivity contribution in [2.45, 2.75) is 13.5 Å². The zero-order valence-corrected chi connectivity index (χ0v) is 10.5. The Labute approximate surface area is 105 Å². The molecule has 1 aliphatic rings. The number of nitrogens with zero attached hydrogens (tertiary/aromatic N) is 2. The lowest BCUT2D eigenvalue weighted by Gasteiger charge is -2.09. The number of benzene rings is 1. The van der Waals surface area contributed by atoms with E-state index in [0.29, 0.717) is 0 Å². The van der Waals surface area contributed by atoms with Crippen molar-refractivity contribution in [3.63, 3.8) is 0 Å². The third kappa shape index (κ3) is 1.80. The third-order valence-electron chi connectivity index (χ3n) is 3.13. The molecule has 1 N–H and O–H groups in total. The van der Waals surface area contributed by atoms with Gasteiger partial charge in [0.25, 0.3) is 0 Å². The Hall–Kier alpha value is -1.48. The Kier molecular flexibility index (Phi) is 2.56. The average molecular weight is 248 g/mol. The molecular formula is C13H14ClN3. The number of aliphatic imine (C=N–C) groups is 1. The Balaban J connectivity index is 2.11. The quantitative estimate of drug-likeness (QED) is 0.869. The summed E-state index contributed by atoms with van der Waals surface area (Å²) in [6.07, 6.45) is 0. The SMILES string of the molecule is Cc1cc2cccc(Cl)c2n1CC1=NCCN1. The van der Waals surface area contributed by atoms with E-state index in [1.165, 1.54) is 11.1 Å². The molecule has 17 heavy (non-hydrogen) atoms. The number of hydrogen-bond acceptors (Lipinski definition) is 2. The summed E-state index contributed by atoms with van der Waals surface area (Å²) < 4.78 is 2.22. The number of nitrogens with one attached hydrogen (secondary N) is 1. The molecule has 0 saturated heterocycles. The summed E-state index contributed by atoms with van der Waals surface area (Å²) in [6, 6.07) is 8.18. The normalized spacial score (nSPS) is 15.1. The minimum atomic E-state index is 0.777. The van der Waals surface area contributed by atoms with E-state index >= 15 is 0 Å². The Bertz CT molecular complexity index is 598. The number of aryl methyl sites for hydroxylation is 1. The van der Waals surface area contributed by atoms with Gasteiger partial charge < -0.3 is 9.88 Å². The molecule has 1 aliphatic heterocycles. The van der Waals surface area contributed by atoms with Crippen molar-refractivity contribution in [1.82, 2.24) is 9.88 Å². The van der Waals surface area contributed by atoms with E-state index in [1.807, 2.05) is 12.1 Å². The van der Waals surface area contributed by atoms with Crippen LogP contribution >= 0.6 is 11.6 Å². The van der Waals surface area contributed by atoms with E-state index in [-0.39, 0.29) is 0 Å². The minimum Gasteiger partial charge on any atom is -0.370 e. The first-order valence-electron chi connectivity index (χ1n) is 5.77. The summed E-state index contributed by atoms with van der Waals surface area (Å²) in [7, 11) is 0. The summed E-state index contributed by atoms with van der Waals surface area (Å²) in [4.78, 5) is 4.43. The number of halogens is 1. The second kappa shape index (κ2) is 4.08. The van der Waals surface area contributed by atoms with Gasteiger partial charge in [0.2, 0.25) is 0 Å². The van der Waals surface area contributed by atoms with Gasteiger partial charge in [-0.05, 0) is 19.1 Å². The van der Waals surface area contributed by atoms with E-state index in [9.17, 15) is 0 Å². The Morgan fingerprint density at radius 2 is 2.35 bits per heavy atom. The van der Waals surface area contributed by atoms with Crippen molar-refractivity contribution >= 4 is 28.3 Å². The van der Waals surface area contributed by atoms with Crippen LogP contribution in [0.3, 0.4) is 0 Å². The molecule has 1 aromatic heterocycles. The van der Waals surface area contributed by atoms with Gasteiger partial charge in [0.1, 0.15) is 5.84 Å². The molecule has 0 unspecified atom stereocenters. The highest BCUT2D eigenvalue weighted by Crippen LogP contribution is 2.26. The zero-order valence-electron chi connectivity index (χ0n) is 9.70. The van der Waals surface area contributed by atoms with Gasteiger partial charge in [0.05, 0.1) is 23.6 Å². The molecule has 0 amide bonds. The molecule has 0 atom stereocenters. The maximum absolute atomic E-state index is 6.28. The summed E-state index contributed by atoms with van der Waals surface area (Å²) in [5.41, 5.74) is 2.31. The predicted octanol–water partition coefficient (Wildman–Crippen LogP) is 2.60. The molecule has 0 aliphatic carbocycles. The van der Waals surface area contributed by atoms with E-state index < -0.39 is 0 Å². The third-order valence-corrected chi connectivity index (χ3v) is 3.43. The Morgan fingerprint density at radius 1 is 1.47 bits per heavy atom. The summed E-state index contributed by atoms with van der Waals surface area (Å²) in [5.74, 6) is 1.05. The summed E-state index contributed by atoms with van der Waals surface area (Å²) in [6.45, 7) is 4.70. The molecule has 1 aromatic carbocycles. The van der Waals surface area contributed by atoms with Crippen LogP contribution in [-0.2, 0) is 6.54 Å². The van der Waals surface area contributed by atoms with Crippen LogP contribution in [-0.4, -0.2) is 23.5 Å². The van der Waals surface area contributed by atoms with Crippen LogP contribution < -0.4 is 5.32 Å². The highest BCUT2D eigenvalue weighted by Gasteiger charge is 2.12. The van der Waals surface area contributed by atoms with Crippen molar-refractivity contribution < 1.29 is 0 Å². The first-order valence-corrected chi connectivity index (χ1v) is 6.15. The molecule has 3 rings (SSSR count). The molecule has 2 heterocycles. The summed E-state index contributed by atoms with van der Waals surface area (Å²) in [5, 5.41) is 5.28. The van der Waals surface area contributed by atoms with Crippen LogP contribution in [0, 0.1) is 6.92 Å². The van der Waals surface area contributed by atoms with Gasteiger partial charge in [0, 0.05) is 17.6 Å². The molecule has 88 valence electrons. The van der Waals surface area contributed by atoms with Crippen LogP contribution in [0.2, 0.25) is 5.02 Å².